The molecule has 0 bridgehead atoms. The molecule has 7 heteroatoms. The van der Waals surface area contributed by atoms with E-state index in [9.17, 15) is 13.6 Å². The fourth-order valence-corrected chi connectivity index (χ4v) is 2.22. The van der Waals surface area contributed by atoms with Crippen molar-refractivity contribution in [2.45, 2.75) is 0 Å². The first-order chi connectivity index (χ1) is 9.95. The molecule has 0 aliphatic rings. The summed E-state index contributed by atoms with van der Waals surface area (Å²) in [4.78, 5) is 11.8. The van der Waals surface area contributed by atoms with E-state index in [2.05, 4.69) is 37.2 Å². The predicted octanol–water partition coefficient (Wildman–Crippen LogP) is 4.51. The normalized spacial score (nSPS) is 10.3. The molecule has 0 atom stereocenters. The largest absolute Gasteiger partial charge is 0.481 e. The van der Waals surface area contributed by atoms with Crippen molar-refractivity contribution in [1.29, 1.82) is 0 Å². The van der Waals surface area contributed by atoms with Gasteiger partial charge in [-0.3, -0.25) is 4.79 Å². The second-order valence-electron chi connectivity index (χ2n) is 4.04. The Morgan fingerprint density at radius 3 is 2.62 bits per heavy atom. The van der Waals surface area contributed by atoms with Gasteiger partial charge in [0.2, 0.25) is 0 Å². The first kappa shape index (κ1) is 15.9. The van der Waals surface area contributed by atoms with Crippen LogP contribution >= 0.6 is 31.9 Å². The van der Waals surface area contributed by atoms with Gasteiger partial charge in [-0.05, 0) is 46.3 Å². The van der Waals surface area contributed by atoms with E-state index < -0.39 is 17.5 Å². The lowest BCUT2D eigenvalue weighted by Crippen LogP contribution is -2.20. The average molecular weight is 421 g/mol. The van der Waals surface area contributed by atoms with Crippen LogP contribution in [0, 0.1) is 11.6 Å². The van der Waals surface area contributed by atoms with E-state index in [0.29, 0.717) is 16.2 Å². The standard InChI is InChI=1S/C14H9Br2F2NO2/c15-8-1-3-10(16)12(5-8)19-14(20)7-21-13-4-2-9(17)6-11(13)18/h1-6H,7H2,(H,19,20). The maximum Gasteiger partial charge on any atom is 0.262 e. The highest BCUT2D eigenvalue weighted by Gasteiger charge is 2.10. The minimum absolute atomic E-state index is 0.181. The van der Waals surface area contributed by atoms with E-state index in [1.165, 1.54) is 0 Å². The Morgan fingerprint density at radius 2 is 1.90 bits per heavy atom. The van der Waals surface area contributed by atoms with E-state index in [1.54, 1.807) is 12.1 Å². The van der Waals surface area contributed by atoms with Gasteiger partial charge in [0.1, 0.15) is 5.82 Å². The molecule has 2 aromatic rings. The third kappa shape index (κ3) is 4.50. The van der Waals surface area contributed by atoms with E-state index in [-0.39, 0.29) is 12.4 Å². The molecule has 110 valence electrons. The average Bonchev–Trinajstić information content (AvgIpc) is 2.42. The zero-order valence-corrected chi connectivity index (χ0v) is 13.7. The molecule has 0 saturated carbocycles. The van der Waals surface area contributed by atoms with Crippen LogP contribution in [-0.2, 0) is 4.79 Å². The topological polar surface area (TPSA) is 38.3 Å². The Bertz CT molecular complexity index is 680. The van der Waals surface area contributed by atoms with E-state index >= 15 is 0 Å². The fraction of sp³-hybridized carbons (Fsp3) is 0.0714. The monoisotopic (exact) mass is 419 g/mol. The van der Waals surface area contributed by atoms with Crippen molar-refractivity contribution in [2.75, 3.05) is 11.9 Å². The van der Waals surface area contributed by atoms with Crippen LogP contribution in [0.15, 0.2) is 45.3 Å². The summed E-state index contributed by atoms with van der Waals surface area (Å²) in [5.41, 5.74) is 0.553. The van der Waals surface area contributed by atoms with E-state index in [1.807, 2.05) is 6.07 Å². The highest BCUT2D eigenvalue weighted by atomic mass is 79.9. The van der Waals surface area contributed by atoms with Crippen LogP contribution in [0.3, 0.4) is 0 Å². The van der Waals surface area contributed by atoms with Gasteiger partial charge in [-0.1, -0.05) is 15.9 Å². The van der Waals surface area contributed by atoms with Crippen molar-refractivity contribution < 1.29 is 18.3 Å². The van der Waals surface area contributed by atoms with Crippen LogP contribution in [0.1, 0.15) is 0 Å². The number of nitrogens with one attached hydrogen (secondary N) is 1. The lowest BCUT2D eigenvalue weighted by atomic mass is 10.3. The molecule has 0 radical (unpaired) electrons. The number of anilines is 1. The Kier molecular flexibility index (Phi) is 5.30. The molecular formula is C14H9Br2F2NO2. The summed E-state index contributed by atoms with van der Waals surface area (Å²) in [6.07, 6.45) is 0. The van der Waals surface area contributed by atoms with Gasteiger partial charge in [-0.25, -0.2) is 8.78 Å². The third-order valence-corrected chi connectivity index (χ3v) is 3.64. The van der Waals surface area contributed by atoms with Crippen LogP contribution < -0.4 is 10.1 Å². The van der Waals surface area contributed by atoms with Crippen molar-refractivity contribution in [1.82, 2.24) is 0 Å². The lowest BCUT2D eigenvalue weighted by molar-refractivity contribution is -0.118. The number of ether oxygens (including phenoxy) is 1. The lowest BCUT2D eigenvalue weighted by Gasteiger charge is -2.10. The maximum atomic E-state index is 13.3. The third-order valence-electron chi connectivity index (χ3n) is 2.46. The number of rotatable bonds is 4. The summed E-state index contributed by atoms with van der Waals surface area (Å²) in [7, 11) is 0. The van der Waals surface area contributed by atoms with Crippen LogP contribution in [0.4, 0.5) is 14.5 Å². The number of carbonyl (C=O) groups excluding carboxylic acids is 1. The number of amides is 1. The number of benzene rings is 2. The highest BCUT2D eigenvalue weighted by Crippen LogP contribution is 2.26. The molecule has 0 heterocycles. The van der Waals surface area contributed by atoms with Crippen LogP contribution in [0.2, 0.25) is 0 Å². The van der Waals surface area contributed by atoms with Gasteiger partial charge in [0, 0.05) is 15.0 Å². The van der Waals surface area contributed by atoms with Crippen molar-refractivity contribution in [3.63, 3.8) is 0 Å². The smallest absolute Gasteiger partial charge is 0.262 e. The molecule has 0 saturated heterocycles. The van der Waals surface area contributed by atoms with Crippen molar-refractivity contribution in [2.24, 2.45) is 0 Å². The Hall–Kier alpha value is -1.47. The summed E-state index contributed by atoms with van der Waals surface area (Å²) >= 11 is 6.59. The molecule has 1 N–H and O–H groups in total. The zero-order chi connectivity index (χ0) is 15.4. The predicted molar refractivity (Wildman–Crippen MR) is 82.3 cm³/mol. The summed E-state index contributed by atoms with van der Waals surface area (Å²) in [5.74, 6) is -2.20. The number of hydrogen-bond donors (Lipinski definition) is 1. The zero-order valence-electron chi connectivity index (χ0n) is 10.5. The van der Waals surface area contributed by atoms with Crippen molar-refractivity contribution in [3.05, 3.63) is 57.0 Å². The quantitative estimate of drug-likeness (QED) is 0.790. The molecule has 3 nitrogen and oxygen atoms in total. The van der Waals surface area contributed by atoms with Crippen molar-refractivity contribution in [3.8, 4) is 5.75 Å². The van der Waals surface area contributed by atoms with Crippen LogP contribution in [-0.4, -0.2) is 12.5 Å². The van der Waals surface area contributed by atoms with Gasteiger partial charge in [0.15, 0.2) is 18.2 Å². The first-order valence-corrected chi connectivity index (χ1v) is 7.37. The van der Waals surface area contributed by atoms with Gasteiger partial charge >= 0.3 is 0 Å². The summed E-state index contributed by atoms with van der Waals surface area (Å²) < 4.78 is 32.6. The second kappa shape index (κ2) is 7.00. The molecule has 2 aromatic carbocycles. The molecule has 1 amide bonds. The number of carbonyl (C=O) groups is 1. The van der Waals surface area contributed by atoms with Gasteiger partial charge in [0.25, 0.3) is 5.91 Å². The Morgan fingerprint density at radius 1 is 1.14 bits per heavy atom. The molecule has 0 unspecified atom stereocenters. The molecule has 0 fully saturated rings. The summed E-state index contributed by atoms with van der Waals surface area (Å²) in [5, 5.41) is 2.61. The molecule has 0 spiro atoms. The SMILES string of the molecule is O=C(COc1ccc(F)cc1F)Nc1cc(Br)ccc1Br. The van der Waals surface area contributed by atoms with Crippen LogP contribution in [0.5, 0.6) is 5.75 Å². The Balaban J connectivity index is 1.97. The highest BCUT2D eigenvalue weighted by molar-refractivity contribution is 9.11. The van der Waals surface area contributed by atoms with Gasteiger partial charge in [-0.2, -0.15) is 0 Å². The fourth-order valence-electron chi connectivity index (χ4n) is 1.52. The summed E-state index contributed by atoms with van der Waals surface area (Å²) in [6.45, 7) is -0.387. The van der Waals surface area contributed by atoms with E-state index in [0.717, 1.165) is 16.6 Å². The number of hydrogen-bond acceptors (Lipinski definition) is 2. The minimum Gasteiger partial charge on any atom is -0.481 e. The van der Waals surface area contributed by atoms with Crippen LogP contribution in [0.25, 0.3) is 0 Å². The molecule has 0 aliphatic heterocycles. The van der Waals surface area contributed by atoms with Gasteiger partial charge in [0.05, 0.1) is 5.69 Å². The molecule has 0 aromatic heterocycles. The van der Waals surface area contributed by atoms with Gasteiger partial charge < -0.3 is 10.1 Å². The van der Waals surface area contributed by atoms with Gasteiger partial charge in [-0.15, -0.1) is 0 Å². The maximum absolute atomic E-state index is 13.3. The van der Waals surface area contributed by atoms with Crippen molar-refractivity contribution >= 4 is 43.5 Å². The molecule has 2 rings (SSSR count). The number of halogens is 4. The van der Waals surface area contributed by atoms with E-state index in [4.69, 9.17) is 4.74 Å². The molecule has 21 heavy (non-hydrogen) atoms. The Labute approximate surface area is 136 Å². The second-order valence-corrected chi connectivity index (χ2v) is 5.81. The molecule has 0 aliphatic carbocycles. The molecular weight excluding hydrogens is 412 g/mol. The minimum atomic E-state index is -0.855. The first-order valence-electron chi connectivity index (χ1n) is 5.78. The summed E-state index contributed by atoms with van der Waals surface area (Å²) in [6, 6.07) is 8.16.